The van der Waals surface area contributed by atoms with Crippen LogP contribution in [0.25, 0.3) is 0 Å². The van der Waals surface area contributed by atoms with E-state index in [1.165, 1.54) is 5.56 Å². The van der Waals surface area contributed by atoms with Gasteiger partial charge >= 0.3 is 6.03 Å². The highest BCUT2D eigenvalue weighted by Crippen LogP contribution is 2.29. The number of carbonyl (C=O) groups excluding carboxylic acids is 2. The zero-order valence-electron chi connectivity index (χ0n) is 17.0. The Balaban J connectivity index is 1.30. The molecule has 1 aromatic heterocycles. The van der Waals surface area contributed by atoms with Crippen LogP contribution in [-0.4, -0.2) is 57.7 Å². The number of aryl methyl sites for hydroxylation is 1. The Bertz CT molecular complexity index is 842. The van der Waals surface area contributed by atoms with Gasteiger partial charge in [-0.1, -0.05) is 18.2 Å². The van der Waals surface area contributed by atoms with Crippen LogP contribution in [0.1, 0.15) is 37.2 Å². The van der Waals surface area contributed by atoms with Crippen LogP contribution in [0.2, 0.25) is 0 Å². The van der Waals surface area contributed by atoms with Crippen molar-refractivity contribution in [2.45, 2.75) is 31.6 Å². The van der Waals surface area contributed by atoms with Gasteiger partial charge in [0.15, 0.2) is 0 Å². The summed E-state index contributed by atoms with van der Waals surface area (Å²) in [6.07, 6.45) is 7.69. The monoisotopic (exact) mass is 395 g/mol. The molecule has 1 unspecified atom stereocenters. The van der Waals surface area contributed by atoms with Crippen molar-refractivity contribution in [3.05, 3.63) is 48.3 Å². The molecule has 1 N–H and O–H groups in total. The SMILES string of the molecule is Cn1cc(C2CCN(C(=O)C3CCCN(C(=O)Nc4ccccc4)C3)CC2)cn1. The second-order valence-corrected chi connectivity index (χ2v) is 8.13. The zero-order chi connectivity index (χ0) is 20.2. The minimum Gasteiger partial charge on any atom is -0.342 e. The highest BCUT2D eigenvalue weighted by Gasteiger charge is 2.33. The maximum atomic E-state index is 13.1. The molecule has 0 radical (unpaired) electrons. The lowest BCUT2D eigenvalue weighted by Gasteiger charge is -2.37. The number of hydrogen-bond donors (Lipinski definition) is 1. The Labute approximate surface area is 171 Å². The van der Waals surface area contributed by atoms with E-state index in [-0.39, 0.29) is 17.9 Å². The van der Waals surface area contributed by atoms with Crippen molar-refractivity contribution in [2.24, 2.45) is 13.0 Å². The highest BCUT2D eigenvalue weighted by atomic mass is 16.2. The average molecular weight is 396 g/mol. The predicted molar refractivity (Wildman–Crippen MR) is 112 cm³/mol. The van der Waals surface area contributed by atoms with E-state index in [2.05, 4.69) is 16.6 Å². The highest BCUT2D eigenvalue weighted by molar-refractivity contribution is 5.90. The van der Waals surface area contributed by atoms with Crippen LogP contribution < -0.4 is 5.32 Å². The van der Waals surface area contributed by atoms with Gasteiger partial charge in [0.05, 0.1) is 12.1 Å². The number of anilines is 1. The quantitative estimate of drug-likeness (QED) is 0.868. The van der Waals surface area contributed by atoms with Crippen LogP contribution in [0.3, 0.4) is 0 Å². The number of amides is 3. The largest absolute Gasteiger partial charge is 0.342 e. The third-order valence-corrected chi connectivity index (χ3v) is 6.09. The zero-order valence-corrected chi connectivity index (χ0v) is 17.0. The molecule has 7 heteroatoms. The average Bonchev–Trinajstić information content (AvgIpc) is 3.20. The first kappa shape index (κ1) is 19.5. The van der Waals surface area contributed by atoms with Crippen LogP contribution in [0.15, 0.2) is 42.7 Å². The summed E-state index contributed by atoms with van der Waals surface area (Å²) >= 11 is 0. The number of para-hydroxylation sites is 1. The smallest absolute Gasteiger partial charge is 0.321 e. The fourth-order valence-corrected chi connectivity index (χ4v) is 4.43. The maximum Gasteiger partial charge on any atom is 0.321 e. The number of likely N-dealkylation sites (tertiary alicyclic amines) is 2. The topological polar surface area (TPSA) is 70.5 Å². The Morgan fingerprint density at radius 1 is 1.03 bits per heavy atom. The summed E-state index contributed by atoms with van der Waals surface area (Å²) in [7, 11) is 1.94. The summed E-state index contributed by atoms with van der Waals surface area (Å²) in [4.78, 5) is 29.4. The van der Waals surface area contributed by atoms with Gasteiger partial charge in [-0.3, -0.25) is 9.48 Å². The molecule has 0 saturated carbocycles. The Morgan fingerprint density at radius 3 is 2.48 bits per heavy atom. The third kappa shape index (κ3) is 4.60. The van der Waals surface area contributed by atoms with Crippen molar-refractivity contribution < 1.29 is 9.59 Å². The molecule has 3 amide bonds. The molecule has 2 aliphatic rings. The Morgan fingerprint density at radius 2 is 1.79 bits per heavy atom. The lowest BCUT2D eigenvalue weighted by molar-refractivity contribution is -0.138. The standard InChI is InChI=1S/C22H29N5O2/c1-25-15-19(14-23-25)17-9-12-26(13-10-17)21(28)18-6-5-11-27(16-18)22(29)24-20-7-3-2-4-8-20/h2-4,7-8,14-15,17-18H,5-6,9-13,16H2,1H3,(H,24,29). The summed E-state index contributed by atoms with van der Waals surface area (Å²) in [5, 5.41) is 7.20. The van der Waals surface area contributed by atoms with E-state index in [4.69, 9.17) is 0 Å². The predicted octanol–water partition coefficient (Wildman–Crippen LogP) is 3.07. The lowest BCUT2D eigenvalue weighted by Crippen LogP contribution is -2.49. The molecule has 2 aromatic rings. The molecule has 2 fully saturated rings. The second kappa shape index (κ2) is 8.68. The van der Waals surface area contributed by atoms with Crippen LogP contribution in [-0.2, 0) is 11.8 Å². The molecule has 0 aliphatic carbocycles. The fourth-order valence-electron chi connectivity index (χ4n) is 4.43. The molecule has 29 heavy (non-hydrogen) atoms. The van der Waals surface area contributed by atoms with Crippen LogP contribution in [0.4, 0.5) is 10.5 Å². The summed E-state index contributed by atoms with van der Waals surface area (Å²) < 4.78 is 1.84. The van der Waals surface area contributed by atoms with Crippen LogP contribution in [0, 0.1) is 5.92 Å². The minimum absolute atomic E-state index is 0.0970. The molecule has 0 bridgehead atoms. The molecule has 1 aromatic carbocycles. The van der Waals surface area contributed by atoms with Crippen molar-refractivity contribution in [3.63, 3.8) is 0 Å². The number of nitrogens with one attached hydrogen (secondary N) is 1. The van der Waals surface area contributed by atoms with Gasteiger partial charge in [0.2, 0.25) is 5.91 Å². The molecule has 154 valence electrons. The van der Waals surface area contributed by atoms with Crippen molar-refractivity contribution in [1.82, 2.24) is 19.6 Å². The van der Waals surface area contributed by atoms with Gasteiger partial charge < -0.3 is 15.1 Å². The molecule has 2 saturated heterocycles. The first-order valence-electron chi connectivity index (χ1n) is 10.5. The molecular formula is C22H29N5O2. The Kier molecular flexibility index (Phi) is 5.83. The van der Waals surface area contributed by atoms with E-state index in [0.29, 0.717) is 19.0 Å². The van der Waals surface area contributed by atoms with Gasteiger partial charge in [-0.05, 0) is 49.3 Å². The van der Waals surface area contributed by atoms with Gasteiger partial charge in [0.1, 0.15) is 0 Å². The molecule has 1 atom stereocenters. The first-order chi connectivity index (χ1) is 14.1. The van der Waals surface area contributed by atoms with Gasteiger partial charge in [-0.15, -0.1) is 0 Å². The van der Waals surface area contributed by atoms with E-state index < -0.39 is 0 Å². The molecule has 7 nitrogen and oxygen atoms in total. The molecule has 0 spiro atoms. The van der Waals surface area contributed by atoms with Crippen molar-refractivity contribution in [1.29, 1.82) is 0 Å². The summed E-state index contributed by atoms with van der Waals surface area (Å²) in [5.74, 6) is 0.583. The van der Waals surface area contributed by atoms with Gasteiger partial charge in [-0.25, -0.2) is 4.79 Å². The number of carbonyl (C=O) groups is 2. The van der Waals surface area contributed by atoms with E-state index in [1.54, 1.807) is 4.90 Å². The van der Waals surface area contributed by atoms with E-state index in [9.17, 15) is 9.59 Å². The number of benzene rings is 1. The molecule has 4 rings (SSSR count). The fraction of sp³-hybridized carbons (Fsp3) is 0.500. The third-order valence-electron chi connectivity index (χ3n) is 6.09. The van der Waals surface area contributed by atoms with E-state index >= 15 is 0 Å². The number of urea groups is 1. The Hall–Kier alpha value is -2.83. The normalized spacial score (nSPS) is 20.5. The number of hydrogen-bond acceptors (Lipinski definition) is 3. The van der Waals surface area contributed by atoms with E-state index in [0.717, 1.165) is 44.5 Å². The van der Waals surface area contributed by atoms with E-state index in [1.807, 2.05) is 53.2 Å². The van der Waals surface area contributed by atoms with Crippen molar-refractivity contribution >= 4 is 17.6 Å². The minimum atomic E-state index is -0.121. The summed E-state index contributed by atoms with van der Waals surface area (Å²) in [6.45, 7) is 2.77. The summed E-state index contributed by atoms with van der Waals surface area (Å²) in [6, 6.07) is 9.33. The van der Waals surface area contributed by atoms with Gasteiger partial charge in [0.25, 0.3) is 0 Å². The van der Waals surface area contributed by atoms with Crippen LogP contribution >= 0.6 is 0 Å². The molecule has 3 heterocycles. The number of nitrogens with zero attached hydrogens (tertiary/aromatic N) is 4. The van der Waals surface area contributed by atoms with Gasteiger partial charge in [0, 0.05) is 45.1 Å². The summed E-state index contributed by atoms with van der Waals surface area (Å²) in [5.41, 5.74) is 2.05. The van der Waals surface area contributed by atoms with Gasteiger partial charge in [-0.2, -0.15) is 5.10 Å². The van der Waals surface area contributed by atoms with Crippen molar-refractivity contribution in [2.75, 3.05) is 31.5 Å². The number of aromatic nitrogens is 2. The maximum absolute atomic E-state index is 13.1. The second-order valence-electron chi connectivity index (χ2n) is 8.13. The number of rotatable bonds is 3. The van der Waals surface area contributed by atoms with Crippen LogP contribution in [0.5, 0.6) is 0 Å². The first-order valence-corrected chi connectivity index (χ1v) is 10.5. The molecule has 2 aliphatic heterocycles. The van der Waals surface area contributed by atoms with Crippen molar-refractivity contribution in [3.8, 4) is 0 Å². The molecular weight excluding hydrogens is 366 g/mol. The number of piperidine rings is 2. The lowest BCUT2D eigenvalue weighted by atomic mass is 9.90.